The quantitative estimate of drug-likeness (QED) is 0.503. The monoisotopic (exact) mass is 142 g/mol. The minimum atomic E-state index is -0.889. The Morgan fingerprint density at radius 1 is 1.70 bits per heavy atom. The van der Waals surface area contributed by atoms with Gasteiger partial charge in [-0.1, -0.05) is 6.08 Å². The molecule has 1 amide bonds. The van der Waals surface area contributed by atoms with Gasteiger partial charge in [0.25, 0.3) is 0 Å². The van der Waals surface area contributed by atoms with Crippen molar-refractivity contribution >= 4 is 6.09 Å². The molecule has 4 nitrogen and oxygen atoms in total. The fourth-order valence-electron chi connectivity index (χ4n) is 0.799. The van der Waals surface area contributed by atoms with Crippen LogP contribution in [0.5, 0.6) is 0 Å². The first-order valence-corrected chi connectivity index (χ1v) is 3.17. The average molecular weight is 142 g/mol. The molecule has 0 aromatic rings. The Balaban J connectivity index is 2.49. The van der Waals surface area contributed by atoms with Crippen molar-refractivity contribution in [2.75, 3.05) is 19.6 Å². The Hall–Kier alpha value is -1.03. The first-order chi connectivity index (χ1) is 4.80. The van der Waals surface area contributed by atoms with Gasteiger partial charge in [0.05, 0.1) is 0 Å². The maximum absolute atomic E-state index is 10.4. The molecule has 0 radical (unpaired) electrons. The third kappa shape index (κ3) is 1.73. The van der Waals surface area contributed by atoms with E-state index in [0.29, 0.717) is 6.54 Å². The molecule has 1 rings (SSSR count). The lowest BCUT2D eigenvalue weighted by molar-refractivity contribution is 0.164. The van der Waals surface area contributed by atoms with Gasteiger partial charge in [0.2, 0.25) is 0 Å². The van der Waals surface area contributed by atoms with Crippen LogP contribution >= 0.6 is 0 Å². The predicted octanol–water partition coefficient (Wildman–Crippen LogP) is 0.0833. The minimum Gasteiger partial charge on any atom is -0.465 e. The van der Waals surface area contributed by atoms with E-state index in [9.17, 15) is 4.79 Å². The second-order valence-electron chi connectivity index (χ2n) is 2.06. The third-order valence-corrected chi connectivity index (χ3v) is 1.32. The van der Waals surface area contributed by atoms with Crippen LogP contribution < -0.4 is 5.32 Å². The Kier molecular flexibility index (Phi) is 2.28. The lowest BCUT2D eigenvalue weighted by atomic mass is 10.6. The summed E-state index contributed by atoms with van der Waals surface area (Å²) in [5, 5.41) is 11.6. The van der Waals surface area contributed by atoms with Gasteiger partial charge in [0.15, 0.2) is 0 Å². The van der Waals surface area contributed by atoms with E-state index in [1.165, 1.54) is 4.90 Å². The molecule has 1 aliphatic heterocycles. The van der Waals surface area contributed by atoms with Gasteiger partial charge >= 0.3 is 6.09 Å². The molecule has 56 valence electrons. The highest BCUT2D eigenvalue weighted by atomic mass is 16.4. The van der Waals surface area contributed by atoms with E-state index in [2.05, 4.69) is 5.32 Å². The highest BCUT2D eigenvalue weighted by Crippen LogP contribution is 1.92. The zero-order valence-electron chi connectivity index (χ0n) is 5.58. The van der Waals surface area contributed by atoms with Crippen molar-refractivity contribution in [3.05, 3.63) is 12.3 Å². The van der Waals surface area contributed by atoms with Crippen LogP contribution in [0.1, 0.15) is 0 Å². The first kappa shape index (κ1) is 7.08. The molecule has 0 spiro atoms. The van der Waals surface area contributed by atoms with Crippen molar-refractivity contribution in [3.63, 3.8) is 0 Å². The van der Waals surface area contributed by atoms with Crippen molar-refractivity contribution in [1.29, 1.82) is 0 Å². The van der Waals surface area contributed by atoms with E-state index in [1.807, 2.05) is 0 Å². The van der Waals surface area contributed by atoms with Gasteiger partial charge in [-0.15, -0.1) is 0 Å². The lowest BCUT2D eigenvalue weighted by Gasteiger charge is -2.10. The van der Waals surface area contributed by atoms with Crippen molar-refractivity contribution in [1.82, 2.24) is 10.2 Å². The molecule has 0 bridgehead atoms. The highest BCUT2D eigenvalue weighted by molar-refractivity contribution is 5.66. The maximum atomic E-state index is 10.4. The average Bonchev–Trinajstić information content (AvgIpc) is 2.12. The van der Waals surface area contributed by atoms with Gasteiger partial charge in [0, 0.05) is 25.8 Å². The van der Waals surface area contributed by atoms with Gasteiger partial charge in [-0.25, -0.2) is 4.79 Å². The smallest absolute Gasteiger partial charge is 0.411 e. The second-order valence-corrected chi connectivity index (χ2v) is 2.06. The van der Waals surface area contributed by atoms with Crippen LogP contribution in [0, 0.1) is 0 Å². The Labute approximate surface area is 59.1 Å². The van der Waals surface area contributed by atoms with E-state index in [1.54, 1.807) is 12.3 Å². The Bertz CT molecular complexity index is 156. The van der Waals surface area contributed by atoms with Gasteiger partial charge in [-0.2, -0.15) is 0 Å². The molecular weight excluding hydrogens is 132 g/mol. The van der Waals surface area contributed by atoms with Gasteiger partial charge in [-0.05, 0) is 0 Å². The van der Waals surface area contributed by atoms with E-state index in [-0.39, 0.29) is 0 Å². The standard InChI is InChI=1S/C6H10N2O2/c9-6(10)8-4-1-2-7-3-5-8/h1,4,7H,2-3,5H2,(H,9,10). The number of hydrogen-bond acceptors (Lipinski definition) is 2. The molecule has 0 unspecified atom stereocenters. The minimum absolute atomic E-state index is 0.534. The molecule has 0 saturated carbocycles. The van der Waals surface area contributed by atoms with Crippen LogP contribution in [-0.4, -0.2) is 35.7 Å². The number of carboxylic acid groups (broad SMARTS) is 1. The lowest BCUT2D eigenvalue weighted by Crippen LogP contribution is -2.29. The topological polar surface area (TPSA) is 52.6 Å². The number of rotatable bonds is 0. The molecule has 0 fully saturated rings. The van der Waals surface area contributed by atoms with Crippen LogP contribution in [0.4, 0.5) is 4.79 Å². The van der Waals surface area contributed by atoms with Crippen LogP contribution in [0.15, 0.2) is 12.3 Å². The summed E-state index contributed by atoms with van der Waals surface area (Å²) < 4.78 is 0. The zero-order chi connectivity index (χ0) is 7.40. The molecule has 0 aromatic carbocycles. The van der Waals surface area contributed by atoms with Crippen LogP contribution in [0.2, 0.25) is 0 Å². The number of carbonyl (C=O) groups is 1. The molecule has 1 aliphatic rings. The molecule has 1 heterocycles. The molecule has 4 heteroatoms. The fourth-order valence-corrected chi connectivity index (χ4v) is 0.799. The van der Waals surface area contributed by atoms with E-state index in [0.717, 1.165) is 13.1 Å². The van der Waals surface area contributed by atoms with Crippen LogP contribution in [-0.2, 0) is 0 Å². The predicted molar refractivity (Wildman–Crippen MR) is 36.7 cm³/mol. The summed E-state index contributed by atoms with van der Waals surface area (Å²) in [6, 6.07) is 0. The summed E-state index contributed by atoms with van der Waals surface area (Å²) >= 11 is 0. The number of amides is 1. The second kappa shape index (κ2) is 3.22. The molecule has 10 heavy (non-hydrogen) atoms. The molecule has 0 aliphatic carbocycles. The molecule has 0 atom stereocenters. The third-order valence-electron chi connectivity index (χ3n) is 1.32. The summed E-state index contributed by atoms with van der Waals surface area (Å²) in [5.74, 6) is 0. The summed E-state index contributed by atoms with van der Waals surface area (Å²) in [6.45, 7) is 2.01. The number of hydrogen-bond donors (Lipinski definition) is 2. The SMILES string of the molecule is O=C(O)N1C=CCNCC1. The van der Waals surface area contributed by atoms with E-state index < -0.39 is 6.09 Å². The van der Waals surface area contributed by atoms with Crippen molar-refractivity contribution in [2.24, 2.45) is 0 Å². The largest absolute Gasteiger partial charge is 0.465 e. The van der Waals surface area contributed by atoms with Crippen molar-refractivity contribution in [3.8, 4) is 0 Å². The Morgan fingerprint density at radius 3 is 3.20 bits per heavy atom. The van der Waals surface area contributed by atoms with Crippen molar-refractivity contribution < 1.29 is 9.90 Å². The van der Waals surface area contributed by atoms with Crippen LogP contribution in [0.25, 0.3) is 0 Å². The normalized spacial score (nSPS) is 18.6. The summed E-state index contributed by atoms with van der Waals surface area (Å²) in [6.07, 6.45) is 2.49. The van der Waals surface area contributed by atoms with Gasteiger partial charge < -0.3 is 10.4 Å². The molecular formula is C6H10N2O2. The van der Waals surface area contributed by atoms with Gasteiger partial charge in [-0.3, -0.25) is 4.90 Å². The first-order valence-electron chi connectivity index (χ1n) is 3.17. The molecule has 0 aromatic heterocycles. The zero-order valence-corrected chi connectivity index (χ0v) is 5.58. The van der Waals surface area contributed by atoms with Gasteiger partial charge in [0.1, 0.15) is 0 Å². The molecule has 0 saturated heterocycles. The maximum Gasteiger partial charge on any atom is 0.411 e. The summed E-state index contributed by atoms with van der Waals surface area (Å²) in [7, 11) is 0. The highest BCUT2D eigenvalue weighted by Gasteiger charge is 2.07. The van der Waals surface area contributed by atoms with Crippen molar-refractivity contribution in [2.45, 2.75) is 0 Å². The number of nitrogens with one attached hydrogen (secondary N) is 1. The Morgan fingerprint density at radius 2 is 2.50 bits per heavy atom. The number of nitrogens with zero attached hydrogens (tertiary/aromatic N) is 1. The summed E-state index contributed by atoms with van der Waals surface area (Å²) in [5.41, 5.74) is 0. The fraction of sp³-hybridized carbons (Fsp3) is 0.500. The van der Waals surface area contributed by atoms with E-state index in [4.69, 9.17) is 5.11 Å². The van der Waals surface area contributed by atoms with E-state index >= 15 is 0 Å². The molecule has 2 N–H and O–H groups in total. The summed E-state index contributed by atoms with van der Waals surface area (Å²) in [4.78, 5) is 11.6. The van der Waals surface area contributed by atoms with Crippen LogP contribution in [0.3, 0.4) is 0 Å².